The average Bonchev–Trinajstić information content (AvgIpc) is 3.27. The van der Waals surface area contributed by atoms with Crippen LogP contribution in [0.25, 0.3) is 0 Å². The average molecular weight is 420 g/mol. The van der Waals surface area contributed by atoms with E-state index in [1.807, 2.05) is 32.6 Å². The maximum atomic E-state index is 13.3. The van der Waals surface area contributed by atoms with Crippen molar-refractivity contribution in [3.05, 3.63) is 17.7 Å². The van der Waals surface area contributed by atoms with Crippen LogP contribution in [0.2, 0.25) is 0 Å². The summed E-state index contributed by atoms with van der Waals surface area (Å²) >= 11 is 0. The van der Waals surface area contributed by atoms with Crippen molar-refractivity contribution in [2.45, 2.75) is 79.1 Å². The molecule has 0 aliphatic carbocycles. The third-order valence-electron chi connectivity index (χ3n) is 5.47. The minimum atomic E-state index is -0.722. The first kappa shape index (κ1) is 22.1. The summed E-state index contributed by atoms with van der Waals surface area (Å²) in [5, 5.41) is 2.76. The van der Waals surface area contributed by atoms with E-state index in [0.717, 1.165) is 5.69 Å². The van der Waals surface area contributed by atoms with Gasteiger partial charge >= 0.3 is 12.1 Å². The van der Waals surface area contributed by atoms with E-state index in [4.69, 9.17) is 4.74 Å². The molecule has 9 nitrogen and oxygen atoms in total. The van der Waals surface area contributed by atoms with Gasteiger partial charge in [0.2, 0.25) is 5.91 Å². The van der Waals surface area contributed by atoms with Crippen molar-refractivity contribution in [2.75, 3.05) is 13.1 Å². The summed E-state index contributed by atoms with van der Waals surface area (Å²) < 4.78 is 6.98. The number of hydrogen-bond acceptors (Lipinski definition) is 5. The Kier molecular flexibility index (Phi) is 5.60. The molecular weight excluding hydrogens is 386 g/mol. The number of imidazole rings is 1. The molecule has 166 valence electrons. The number of rotatable bonds is 3. The third kappa shape index (κ3) is 4.44. The molecule has 0 saturated carbocycles. The Morgan fingerprint density at radius 2 is 1.90 bits per heavy atom. The zero-order valence-corrected chi connectivity index (χ0v) is 19.0. The number of likely N-dealkylation sites (tertiary alicyclic amines) is 1. The molecule has 1 N–H and O–H groups in total. The Morgan fingerprint density at radius 1 is 1.23 bits per heavy atom. The second-order valence-corrected chi connectivity index (χ2v) is 10.2. The Labute approximate surface area is 177 Å². The molecule has 0 bridgehead atoms. The topological polar surface area (TPSA) is 96.8 Å². The van der Waals surface area contributed by atoms with Crippen molar-refractivity contribution in [1.29, 1.82) is 0 Å². The van der Waals surface area contributed by atoms with Crippen molar-refractivity contribution >= 4 is 18.0 Å². The molecule has 1 unspecified atom stereocenters. The molecule has 0 aromatic carbocycles. The summed E-state index contributed by atoms with van der Waals surface area (Å²) in [6, 6.07) is -0.859. The predicted molar refractivity (Wildman–Crippen MR) is 111 cm³/mol. The fourth-order valence-electron chi connectivity index (χ4n) is 3.97. The lowest BCUT2D eigenvalue weighted by molar-refractivity contribution is -0.135. The van der Waals surface area contributed by atoms with E-state index in [-0.39, 0.29) is 18.0 Å². The number of hydrogen-bond donors (Lipinski definition) is 1. The maximum Gasteiger partial charge on any atom is 0.408 e. The molecule has 2 aliphatic heterocycles. The normalized spacial score (nSPS) is 20.4. The van der Waals surface area contributed by atoms with Crippen LogP contribution in [0, 0.1) is 12.3 Å². The SMILES string of the molecule is Cc1ncc2n1C(=O)N(C1CCN(C(=O)[C@H](NC(=O)OC(C)(C)C)C(C)(C)C)C1)C2. The Bertz CT molecular complexity index is 849. The highest BCUT2D eigenvalue weighted by molar-refractivity contribution is 5.87. The molecule has 1 saturated heterocycles. The minimum absolute atomic E-state index is 0.0529. The van der Waals surface area contributed by atoms with Crippen LogP contribution in [0.15, 0.2) is 6.20 Å². The summed E-state index contributed by atoms with van der Waals surface area (Å²) in [6.07, 6.45) is 1.83. The zero-order valence-electron chi connectivity index (χ0n) is 19.0. The van der Waals surface area contributed by atoms with Gasteiger partial charge in [0.05, 0.1) is 24.5 Å². The molecule has 1 aromatic heterocycles. The highest BCUT2D eigenvalue weighted by atomic mass is 16.6. The van der Waals surface area contributed by atoms with Crippen LogP contribution < -0.4 is 5.32 Å². The van der Waals surface area contributed by atoms with E-state index in [0.29, 0.717) is 31.9 Å². The molecule has 3 amide bonds. The number of fused-ring (bicyclic) bond motifs is 1. The number of amides is 3. The Hall–Kier alpha value is -2.58. The fraction of sp³-hybridized carbons (Fsp3) is 0.714. The lowest BCUT2D eigenvalue weighted by Crippen LogP contribution is -2.55. The summed E-state index contributed by atoms with van der Waals surface area (Å²) in [6.45, 7) is 14.4. The molecule has 3 heterocycles. The fourth-order valence-corrected chi connectivity index (χ4v) is 3.97. The third-order valence-corrected chi connectivity index (χ3v) is 5.47. The molecule has 0 radical (unpaired) electrons. The van der Waals surface area contributed by atoms with Gasteiger partial charge in [0.1, 0.15) is 17.5 Å². The molecule has 1 fully saturated rings. The van der Waals surface area contributed by atoms with Gasteiger partial charge in [-0.3, -0.25) is 9.36 Å². The second-order valence-electron chi connectivity index (χ2n) is 10.2. The zero-order chi connectivity index (χ0) is 22.4. The van der Waals surface area contributed by atoms with Crippen molar-refractivity contribution in [1.82, 2.24) is 24.7 Å². The highest BCUT2D eigenvalue weighted by Gasteiger charge is 2.42. The van der Waals surface area contributed by atoms with Gasteiger partial charge in [0.25, 0.3) is 0 Å². The predicted octanol–water partition coefficient (Wildman–Crippen LogP) is 2.52. The number of alkyl carbamates (subject to hydrolysis) is 1. The summed E-state index contributed by atoms with van der Waals surface area (Å²) in [4.78, 5) is 46.1. The van der Waals surface area contributed by atoms with E-state index in [1.165, 1.54) is 0 Å². The van der Waals surface area contributed by atoms with Gasteiger partial charge in [-0.2, -0.15) is 0 Å². The van der Waals surface area contributed by atoms with Gasteiger partial charge in [0.15, 0.2) is 0 Å². The molecule has 2 atom stereocenters. The summed E-state index contributed by atoms with van der Waals surface area (Å²) in [7, 11) is 0. The van der Waals surface area contributed by atoms with E-state index in [2.05, 4.69) is 10.3 Å². The van der Waals surface area contributed by atoms with Crippen LogP contribution in [-0.4, -0.2) is 68.2 Å². The standard InChI is InChI=1S/C21H33N5O4/c1-13-22-10-15-12-25(19(29)26(13)15)14-8-9-24(11-14)17(27)16(20(2,3)4)23-18(28)30-21(5,6)7/h10,14,16H,8-9,11-12H2,1-7H3,(H,23,28)/t14?,16-/m0/s1. The minimum Gasteiger partial charge on any atom is -0.444 e. The van der Waals surface area contributed by atoms with Gasteiger partial charge < -0.3 is 19.9 Å². The van der Waals surface area contributed by atoms with Crippen LogP contribution >= 0.6 is 0 Å². The maximum absolute atomic E-state index is 13.3. The largest absolute Gasteiger partial charge is 0.444 e. The number of aryl methyl sites for hydroxylation is 1. The van der Waals surface area contributed by atoms with Crippen LogP contribution in [0.5, 0.6) is 0 Å². The van der Waals surface area contributed by atoms with Crippen LogP contribution in [-0.2, 0) is 16.1 Å². The summed E-state index contributed by atoms with van der Waals surface area (Å²) in [5.74, 6) is 0.526. The quantitative estimate of drug-likeness (QED) is 0.812. The highest BCUT2D eigenvalue weighted by Crippen LogP contribution is 2.28. The van der Waals surface area contributed by atoms with Crippen molar-refractivity contribution in [3.8, 4) is 0 Å². The van der Waals surface area contributed by atoms with Gasteiger partial charge in [-0.05, 0) is 39.5 Å². The first-order valence-corrected chi connectivity index (χ1v) is 10.4. The van der Waals surface area contributed by atoms with Gasteiger partial charge in [0, 0.05) is 13.1 Å². The second kappa shape index (κ2) is 7.59. The molecule has 9 heteroatoms. The number of carbonyl (C=O) groups is 3. The van der Waals surface area contributed by atoms with Crippen molar-refractivity contribution in [3.63, 3.8) is 0 Å². The number of carbonyl (C=O) groups excluding carboxylic acids is 3. The Balaban J connectivity index is 1.67. The molecule has 3 rings (SSSR count). The smallest absolute Gasteiger partial charge is 0.408 e. The first-order chi connectivity index (χ1) is 13.8. The number of nitrogens with one attached hydrogen (secondary N) is 1. The molecular formula is C21H33N5O4. The molecule has 1 aromatic rings. The lowest BCUT2D eigenvalue weighted by Gasteiger charge is -2.34. The monoisotopic (exact) mass is 419 g/mol. The van der Waals surface area contributed by atoms with Crippen molar-refractivity contribution in [2.24, 2.45) is 5.41 Å². The molecule has 0 spiro atoms. The number of nitrogens with zero attached hydrogens (tertiary/aromatic N) is 4. The Morgan fingerprint density at radius 3 is 2.47 bits per heavy atom. The van der Waals surface area contributed by atoms with Crippen LogP contribution in [0.4, 0.5) is 9.59 Å². The first-order valence-electron chi connectivity index (χ1n) is 10.4. The number of ether oxygens (including phenoxy) is 1. The van der Waals surface area contributed by atoms with Gasteiger partial charge in [-0.25, -0.2) is 14.6 Å². The number of aromatic nitrogens is 2. The summed E-state index contributed by atoms with van der Waals surface area (Å²) in [5.41, 5.74) is -0.258. The van der Waals surface area contributed by atoms with E-state index in [9.17, 15) is 14.4 Å². The lowest BCUT2D eigenvalue weighted by atomic mass is 9.86. The molecule has 2 aliphatic rings. The van der Waals surface area contributed by atoms with Crippen LogP contribution in [0.1, 0.15) is 59.5 Å². The van der Waals surface area contributed by atoms with Gasteiger partial charge in [-0.1, -0.05) is 20.8 Å². The van der Waals surface area contributed by atoms with E-state index < -0.39 is 23.2 Å². The van der Waals surface area contributed by atoms with E-state index in [1.54, 1.807) is 36.4 Å². The van der Waals surface area contributed by atoms with Crippen LogP contribution in [0.3, 0.4) is 0 Å². The van der Waals surface area contributed by atoms with E-state index >= 15 is 0 Å². The van der Waals surface area contributed by atoms with Gasteiger partial charge in [-0.15, -0.1) is 0 Å². The molecule has 30 heavy (non-hydrogen) atoms. The van der Waals surface area contributed by atoms with Crippen molar-refractivity contribution < 1.29 is 19.1 Å².